The first-order chi connectivity index (χ1) is 12.7. The van der Waals surface area contributed by atoms with E-state index in [9.17, 15) is 0 Å². The molecule has 2 aromatic rings. The van der Waals surface area contributed by atoms with Gasteiger partial charge in [0.2, 0.25) is 0 Å². The van der Waals surface area contributed by atoms with Gasteiger partial charge in [0.1, 0.15) is 12.4 Å². The van der Waals surface area contributed by atoms with Gasteiger partial charge in [0, 0.05) is 38.4 Å². The summed E-state index contributed by atoms with van der Waals surface area (Å²) in [6.07, 6.45) is 2.90. The number of anilines is 1. The highest BCUT2D eigenvalue weighted by molar-refractivity contribution is 14.0. The zero-order chi connectivity index (χ0) is 18.4. The fourth-order valence-electron chi connectivity index (χ4n) is 3.00. The summed E-state index contributed by atoms with van der Waals surface area (Å²) >= 11 is 0. The molecule has 8 heteroatoms. The number of nitrogens with one attached hydrogen (secondary N) is 2. The molecule has 27 heavy (non-hydrogen) atoms. The van der Waals surface area contributed by atoms with E-state index in [2.05, 4.69) is 61.6 Å². The van der Waals surface area contributed by atoms with Crippen LogP contribution in [0.4, 0.5) is 5.69 Å². The van der Waals surface area contributed by atoms with Crippen LogP contribution in [0.2, 0.25) is 0 Å². The quantitative estimate of drug-likeness (QED) is 0.287. The molecule has 2 N–H and O–H groups in total. The van der Waals surface area contributed by atoms with Gasteiger partial charge in [-0.25, -0.2) is 4.99 Å². The molecule has 0 saturated carbocycles. The lowest BCUT2D eigenvalue weighted by molar-refractivity contribution is 0.649. The van der Waals surface area contributed by atoms with E-state index in [1.165, 1.54) is 5.69 Å². The summed E-state index contributed by atoms with van der Waals surface area (Å²) < 4.78 is 1.96. The SMILES string of the molecule is C=CCNC(=NCc1nnc(C)n1C)NC1CCN(c2ccccc2)C1.I. The number of aryl methyl sites for hydroxylation is 1. The summed E-state index contributed by atoms with van der Waals surface area (Å²) in [5.74, 6) is 2.52. The molecule has 1 atom stereocenters. The van der Waals surface area contributed by atoms with Gasteiger partial charge < -0.3 is 20.1 Å². The summed E-state index contributed by atoms with van der Waals surface area (Å²) in [4.78, 5) is 7.07. The summed E-state index contributed by atoms with van der Waals surface area (Å²) in [5.41, 5.74) is 1.27. The Hall–Kier alpha value is -2.10. The maximum atomic E-state index is 4.67. The van der Waals surface area contributed by atoms with Gasteiger partial charge in [-0.3, -0.25) is 0 Å². The Bertz CT molecular complexity index is 757. The normalized spacial score (nSPS) is 16.7. The number of guanidine groups is 1. The van der Waals surface area contributed by atoms with Crippen molar-refractivity contribution in [2.24, 2.45) is 12.0 Å². The zero-order valence-corrected chi connectivity index (χ0v) is 18.3. The van der Waals surface area contributed by atoms with Crippen molar-refractivity contribution in [3.05, 3.63) is 54.6 Å². The van der Waals surface area contributed by atoms with Gasteiger partial charge >= 0.3 is 0 Å². The van der Waals surface area contributed by atoms with Crippen molar-refractivity contribution < 1.29 is 0 Å². The summed E-state index contributed by atoms with van der Waals surface area (Å²) in [7, 11) is 1.96. The van der Waals surface area contributed by atoms with Crippen LogP contribution in [0, 0.1) is 6.92 Å². The van der Waals surface area contributed by atoms with Gasteiger partial charge in [0.15, 0.2) is 11.8 Å². The first-order valence-corrected chi connectivity index (χ1v) is 8.98. The molecule has 1 fully saturated rings. The maximum absolute atomic E-state index is 4.67. The van der Waals surface area contributed by atoms with Crippen molar-refractivity contribution in [2.75, 3.05) is 24.5 Å². The second-order valence-electron chi connectivity index (χ2n) is 6.47. The van der Waals surface area contributed by atoms with E-state index in [0.29, 0.717) is 19.1 Å². The molecule has 0 amide bonds. The summed E-state index contributed by atoms with van der Waals surface area (Å²) in [5, 5.41) is 15.1. The third-order valence-corrected chi connectivity index (χ3v) is 4.63. The van der Waals surface area contributed by atoms with Gasteiger partial charge in [-0.2, -0.15) is 0 Å². The van der Waals surface area contributed by atoms with E-state index >= 15 is 0 Å². The van der Waals surface area contributed by atoms with Crippen molar-refractivity contribution >= 4 is 35.6 Å². The van der Waals surface area contributed by atoms with E-state index in [-0.39, 0.29) is 24.0 Å². The lowest BCUT2D eigenvalue weighted by Crippen LogP contribution is -2.44. The molecule has 1 aliphatic rings. The molecular formula is C19H28IN7. The smallest absolute Gasteiger partial charge is 0.192 e. The largest absolute Gasteiger partial charge is 0.369 e. The fraction of sp³-hybridized carbons (Fsp3) is 0.421. The number of halogens is 1. The summed E-state index contributed by atoms with van der Waals surface area (Å²) in [6.45, 7) is 8.86. The van der Waals surface area contributed by atoms with Crippen molar-refractivity contribution in [3.8, 4) is 0 Å². The average Bonchev–Trinajstić information content (AvgIpc) is 3.26. The van der Waals surface area contributed by atoms with Crippen LogP contribution < -0.4 is 15.5 Å². The minimum Gasteiger partial charge on any atom is -0.369 e. The van der Waals surface area contributed by atoms with Crippen molar-refractivity contribution in [1.82, 2.24) is 25.4 Å². The molecule has 0 spiro atoms. The molecule has 1 unspecified atom stereocenters. The van der Waals surface area contributed by atoms with Gasteiger partial charge in [-0.15, -0.1) is 40.8 Å². The Kier molecular flexibility index (Phi) is 8.08. The number of para-hydroxylation sites is 1. The zero-order valence-electron chi connectivity index (χ0n) is 15.9. The van der Waals surface area contributed by atoms with E-state index < -0.39 is 0 Å². The third kappa shape index (κ3) is 5.69. The Labute approximate surface area is 178 Å². The molecule has 1 aromatic carbocycles. The standard InChI is InChI=1S/C19H27N7.HI/c1-4-11-20-19(21-13-18-24-23-15(2)25(18)3)22-16-10-12-26(14-16)17-8-6-5-7-9-17;/h4-9,16H,1,10-14H2,2-3H3,(H2,20,21,22);1H. The average molecular weight is 481 g/mol. The lowest BCUT2D eigenvalue weighted by atomic mass is 10.3. The molecule has 7 nitrogen and oxygen atoms in total. The molecule has 3 rings (SSSR count). The predicted octanol–water partition coefficient (Wildman–Crippen LogP) is 2.24. The molecule has 1 aromatic heterocycles. The van der Waals surface area contributed by atoms with Crippen molar-refractivity contribution in [1.29, 1.82) is 0 Å². The Morgan fingerprint density at radius 1 is 1.33 bits per heavy atom. The Balaban J connectivity index is 0.00000261. The second kappa shape index (κ2) is 10.3. The number of nitrogens with zero attached hydrogens (tertiary/aromatic N) is 5. The molecule has 0 bridgehead atoms. The van der Waals surface area contributed by atoms with Crippen molar-refractivity contribution in [2.45, 2.75) is 25.9 Å². The number of aliphatic imine (C=N–C) groups is 1. The van der Waals surface area contributed by atoms with E-state index in [0.717, 1.165) is 37.1 Å². The molecule has 146 valence electrons. The van der Waals surface area contributed by atoms with Crippen LogP contribution in [0.5, 0.6) is 0 Å². The van der Waals surface area contributed by atoms with Gasteiger partial charge in [-0.05, 0) is 25.5 Å². The van der Waals surface area contributed by atoms with Crippen LogP contribution in [0.3, 0.4) is 0 Å². The third-order valence-electron chi connectivity index (χ3n) is 4.63. The van der Waals surface area contributed by atoms with E-state index in [1.54, 1.807) is 0 Å². The monoisotopic (exact) mass is 481 g/mol. The van der Waals surface area contributed by atoms with Gasteiger partial charge in [-0.1, -0.05) is 24.3 Å². The molecule has 0 aliphatic carbocycles. The molecule has 0 radical (unpaired) electrons. The second-order valence-corrected chi connectivity index (χ2v) is 6.47. The minimum atomic E-state index is 0. The number of hydrogen-bond donors (Lipinski definition) is 2. The Morgan fingerprint density at radius 2 is 2.11 bits per heavy atom. The minimum absolute atomic E-state index is 0. The van der Waals surface area contributed by atoms with E-state index in [4.69, 9.17) is 0 Å². The van der Waals surface area contributed by atoms with Gasteiger partial charge in [0.05, 0.1) is 0 Å². The van der Waals surface area contributed by atoms with Crippen LogP contribution >= 0.6 is 24.0 Å². The number of aromatic nitrogens is 3. The number of hydrogen-bond acceptors (Lipinski definition) is 4. The van der Waals surface area contributed by atoms with Crippen LogP contribution in [0.25, 0.3) is 0 Å². The lowest BCUT2D eigenvalue weighted by Gasteiger charge is -2.20. The van der Waals surface area contributed by atoms with E-state index in [1.807, 2.05) is 30.7 Å². The van der Waals surface area contributed by atoms with Crippen LogP contribution in [0.15, 0.2) is 48.0 Å². The highest BCUT2D eigenvalue weighted by Gasteiger charge is 2.23. The van der Waals surface area contributed by atoms with Gasteiger partial charge in [0.25, 0.3) is 0 Å². The first kappa shape index (κ1) is 21.2. The molecule has 1 aliphatic heterocycles. The first-order valence-electron chi connectivity index (χ1n) is 8.98. The molecule has 1 saturated heterocycles. The fourth-order valence-corrected chi connectivity index (χ4v) is 3.00. The van der Waals surface area contributed by atoms with Crippen LogP contribution in [0.1, 0.15) is 18.1 Å². The molecular weight excluding hydrogens is 453 g/mol. The number of benzene rings is 1. The predicted molar refractivity (Wildman–Crippen MR) is 121 cm³/mol. The van der Waals surface area contributed by atoms with Crippen LogP contribution in [-0.2, 0) is 13.6 Å². The number of rotatable bonds is 6. The molecule has 2 heterocycles. The maximum Gasteiger partial charge on any atom is 0.192 e. The highest BCUT2D eigenvalue weighted by Crippen LogP contribution is 2.19. The van der Waals surface area contributed by atoms with Crippen LogP contribution in [-0.4, -0.2) is 46.4 Å². The Morgan fingerprint density at radius 3 is 2.78 bits per heavy atom. The highest BCUT2D eigenvalue weighted by atomic mass is 127. The summed E-state index contributed by atoms with van der Waals surface area (Å²) in [6, 6.07) is 10.9. The topological polar surface area (TPSA) is 70.4 Å². The van der Waals surface area contributed by atoms with Crippen molar-refractivity contribution in [3.63, 3.8) is 0 Å².